The molecule has 172 valence electrons. The number of carbonyl (C=O) groups excluding carboxylic acids is 2. The Morgan fingerprint density at radius 1 is 1.03 bits per heavy atom. The summed E-state index contributed by atoms with van der Waals surface area (Å²) < 4.78 is 4.75. The molecule has 1 unspecified atom stereocenters. The number of rotatable bonds is 4. The van der Waals surface area contributed by atoms with Crippen molar-refractivity contribution < 1.29 is 14.3 Å². The first-order valence-electron chi connectivity index (χ1n) is 11.0. The molecule has 34 heavy (non-hydrogen) atoms. The number of anilines is 2. The molecule has 1 aromatic heterocycles. The van der Waals surface area contributed by atoms with Gasteiger partial charge in [-0.2, -0.15) is 0 Å². The van der Waals surface area contributed by atoms with Crippen molar-refractivity contribution in [2.45, 2.75) is 18.9 Å². The van der Waals surface area contributed by atoms with Crippen LogP contribution in [0.5, 0.6) is 0 Å². The molecule has 0 saturated carbocycles. The van der Waals surface area contributed by atoms with Gasteiger partial charge in [-0.1, -0.05) is 24.0 Å². The molecule has 2 aromatic carbocycles. The highest BCUT2D eigenvalue weighted by molar-refractivity contribution is 5.90. The Morgan fingerprint density at radius 2 is 1.76 bits per heavy atom. The lowest BCUT2D eigenvalue weighted by atomic mass is 10.1. The molecule has 4 rings (SSSR count). The first-order chi connectivity index (χ1) is 16.6. The van der Waals surface area contributed by atoms with Gasteiger partial charge >= 0.3 is 12.0 Å². The Kier molecular flexibility index (Phi) is 7.35. The number of nitrogens with one attached hydrogen (secondary N) is 2. The number of aromatic nitrogens is 2. The van der Waals surface area contributed by atoms with Crippen LogP contribution >= 0.6 is 0 Å². The second kappa shape index (κ2) is 11.0. The van der Waals surface area contributed by atoms with Crippen molar-refractivity contribution in [3.63, 3.8) is 0 Å². The second-order valence-corrected chi connectivity index (χ2v) is 7.84. The zero-order valence-corrected chi connectivity index (χ0v) is 18.8. The zero-order valence-electron chi connectivity index (χ0n) is 18.8. The minimum atomic E-state index is -0.404. The molecule has 8 nitrogen and oxygen atoms in total. The van der Waals surface area contributed by atoms with Gasteiger partial charge in [0.2, 0.25) is 5.95 Å². The summed E-state index contributed by atoms with van der Waals surface area (Å²) in [7, 11) is 1.34. The lowest BCUT2D eigenvalue weighted by Crippen LogP contribution is -2.49. The van der Waals surface area contributed by atoms with Crippen LogP contribution in [-0.4, -0.2) is 48.2 Å². The van der Waals surface area contributed by atoms with E-state index in [1.807, 2.05) is 30.3 Å². The lowest BCUT2D eigenvalue weighted by Gasteiger charge is -2.33. The van der Waals surface area contributed by atoms with E-state index in [4.69, 9.17) is 4.74 Å². The number of benzene rings is 2. The zero-order chi connectivity index (χ0) is 23.8. The summed E-state index contributed by atoms with van der Waals surface area (Å²) in [6, 6.07) is 15.8. The predicted octanol–water partition coefficient (Wildman–Crippen LogP) is 3.45. The van der Waals surface area contributed by atoms with Crippen LogP contribution in [0, 0.1) is 11.8 Å². The average Bonchev–Trinajstić information content (AvgIpc) is 2.88. The summed E-state index contributed by atoms with van der Waals surface area (Å²) in [6.07, 6.45) is 5.29. The first kappa shape index (κ1) is 22.8. The fraction of sp³-hybridized carbons (Fsp3) is 0.231. The number of methoxy groups -OCH3 is 1. The summed E-state index contributed by atoms with van der Waals surface area (Å²) in [5, 5.41) is 5.92. The maximum absolute atomic E-state index is 12.6. The molecule has 3 aromatic rings. The van der Waals surface area contributed by atoms with Gasteiger partial charge in [-0.3, -0.25) is 0 Å². The summed E-state index contributed by atoms with van der Waals surface area (Å²) in [6.45, 7) is 1.53. The van der Waals surface area contributed by atoms with Gasteiger partial charge in [-0.15, -0.1) is 0 Å². The van der Waals surface area contributed by atoms with Gasteiger partial charge < -0.3 is 20.3 Å². The molecular formula is C26H25N5O3. The van der Waals surface area contributed by atoms with Crippen LogP contribution in [0.2, 0.25) is 0 Å². The Balaban J connectivity index is 1.36. The quantitative estimate of drug-likeness (QED) is 0.462. The summed E-state index contributed by atoms with van der Waals surface area (Å²) >= 11 is 0. The Morgan fingerprint density at radius 3 is 2.53 bits per heavy atom. The van der Waals surface area contributed by atoms with Crippen LogP contribution in [-0.2, 0) is 4.74 Å². The third-order valence-electron chi connectivity index (χ3n) is 5.35. The molecule has 1 aliphatic rings. The molecule has 2 heterocycles. The van der Waals surface area contributed by atoms with Crippen LogP contribution in [0.4, 0.5) is 16.4 Å². The highest BCUT2D eigenvalue weighted by Crippen LogP contribution is 2.16. The number of nitrogens with zero attached hydrogens (tertiary/aromatic N) is 3. The second-order valence-electron chi connectivity index (χ2n) is 7.84. The predicted molar refractivity (Wildman–Crippen MR) is 130 cm³/mol. The molecule has 2 N–H and O–H groups in total. The van der Waals surface area contributed by atoms with Gasteiger partial charge in [0, 0.05) is 48.3 Å². The van der Waals surface area contributed by atoms with Crippen molar-refractivity contribution in [1.29, 1.82) is 0 Å². The molecule has 0 aliphatic carbocycles. The molecule has 2 amide bonds. The molecular weight excluding hydrogens is 430 g/mol. The Bertz CT molecular complexity index is 1220. The minimum Gasteiger partial charge on any atom is -0.465 e. The summed E-state index contributed by atoms with van der Waals surface area (Å²) in [5.74, 6) is 6.39. The number of esters is 1. The van der Waals surface area contributed by atoms with Crippen LogP contribution < -0.4 is 15.5 Å². The maximum Gasteiger partial charge on any atom is 0.337 e. The largest absolute Gasteiger partial charge is 0.465 e. The molecule has 0 radical (unpaired) electrons. The lowest BCUT2D eigenvalue weighted by molar-refractivity contribution is 0.0600. The van der Waals surface area contributed by atoms with Crippen molar-refractivity contribution >= 4 is 23.6 Å². The molecule has 8 heteroatoms. The molecule has 1 atom stereocenters. The van der Waals surface area contributed by atoms with E-state index in [0.29, 0.717) is 29.3 Å². The van der Waals surface area contributed by atoms with Crippen LogP contribution in [0.3, 0.4) is 0 Å². The van der Waals surface area contributed by atoms with Gasteiger partial charge in [0.05, 0.1) is 12.7 Å². The fourth-order valence-corrected chi connectivity index (χ4v) is 3.74. The molecule has 1 saturated heterocycles. The van der Waals surface area contributed by atoms with Crippen molar-refractivity contribution in [2.24, 2.45) is 0 Å². The van der Waals surface area contributed by atoms with Gasteiger partial charge in [-0.25, -0.2) is 19.6 Å². The highest BCUT2D eigenvalue weighted by Gasteiger charge is 2.23. The van der Waals surface area contributed by atoms with E-state index >= 15 is 0 Å². The van der Waals surface area contributed by atoms with Crippen molar-refractivity contribution in [3.05, 3.63) is 83.7 Å². The molecule has 1 fully saturated rings. The topological polar surface area (TPSA) is 96.4 Å². The van der Waals surface area contributed by atoms with Gasteiger partial charge in [0.25, 0.3) is 0 Å². The minimum absolute atomic E-state index is 0.00242. The van der Waals surface area contributed by atoms with E-state index in [1.54, 1.807) is 36.7 Å². The van der Waals surface area contributed by atoms with Crippen LogP contribution in [0.25, 0.3) is 0 Å². The van der Waals surface area contributed by atoms with Crippen LogP contribution in [0.15, 0.2) is 67.0 Å². The first-order valence-corrected chi connectivity index (χ1v) is 11.0. The number of amides is 2. The number of piperidine rings is 1. The molecule has 1 aliphatic heterocycles. The van der Waals surface area contributed by atoms with E-state index in [0.717, 1.165) is 24.9 Å². The molecule has 0 spiro atoms. The number of hydrogen-bond donors (Lipinski definition) is 2. The average molecular weight is 456 g/mol. The number of hydrogen-bond acceptors (Lipinski definition) is 6. The van der Waals surface area contributed by atoms with Crippen molar-refractivity contribution in [2.75, 3.05) is 30.4 Å². The third kappa shape index (κ3) is 6.11. The third-order valence-corrected chi connectivity index (χ3v) is 5.35. The van der Waals surface area contributed by atoms with Gasteiger partial charge in [0.15, 0.2) is 0 Å². The summed E-state index contributed by atoms with van der Waals surface area (Å²) in [5.41, 5.74) is 2.53. The maximum atomic E-state index is 12.6. The Hall–Kier alpha value is -4.38. The van der Waals surface area contributed by atoms with E-state index in [-0.39, 0.29) is 12.1 Å². The molecule has 0 bridgehead atoms. The highest BCUT2D eigenvalue weighted by atomic mass is 16.5. The summed E-state index contributed by atoms with van der Waals surface area (Å²) in [4.78, 5) is 35.0. The van der Waals surface area contributed by atoms with Gasteiger partial charge in [0.1, 0.15) is 0 Å². The van der Waals surface area contributed by atoms with E-state index < -0.39 is 5.97 Å². The number of urea groups is 1. The SMILES string of the molecule is COC(=O)c1cccc(C#Cc2cccc(NC(=O)NC3CCCN(c4ncccn4)C3)c2)c1. The normalized spacial score (nSPS) is 15.0. The smallest absolute Gasteiger partial charge is 0.337 e. The number of carbonyl (C=O) groups is 2. The Labute approximate surface area is 198 Å². The van der Waals surface area contributed by atoms with E-state index in [1.165, 1.54) is 7.11 Å². The number of ether oxygens (including phenoxy) is 1. The van der Waals surface area contributed by atoms with Gasteiger partial charge in [-0.05, 0) is 55.3 Å². The van der Waals surface area contributed by atoms with Crippen molar-refractivity contribution in [1.82, 2.24) is 15.3 Å². The fourth-order valence-electron chi connectivity index (χ4n) is 3.74. The monoisotopic (exact) mass is 455 g/mol. The van der Waals surface area contributed by atoms with Crippen LogP contribution in [0.1, 0.15) is 34.3 Å². The van der Waals surface area contributed by atoms with E-state index in [9.17, 15) is 9.59 Å². The standard InChI is InChI=1S/C26H25N5O3/c1-34-24(32)21-8-2-6-19(16-21)11-12-20-7-3-9-22(17-20)29-26(33)30-23-10-4-15-31(18-23)25-27-13-5-14-28-25/h2-3,5-9,13-14,16-17,23H,4,10,15,18H2,1H3,(H2,29,30,33). The van der Waals surface area contributed by atoms with Crippen molar-refractivity contribution in [3.8, 4) is 11.8 Å². The van der Waals surface area contributed by atoms with E-state index in [2.05, 4.69) is 37.3 Å².